The van der Waals surface area contributed by atoms with Crippen molar-refractivity contribution >= 4 is 0 Å². The fourth-order valence-electron chi connectivity index (χ4n) is 6.13. The summed E-state index contributed by atoms with van der Waals surface area (Å²) in [5.41, 5.74) is -0.254. The summed E-state index contributed by atoms with van der Waals surface area (Å²) in [6.07, 6.45) is 8.01. The van der Waals surface area contributed by atoms with Gasteiger partial charge in [0.2, 0.25) is 0 Å². The van der Waals surface area contributed by atoms with Crippen molar-refractivity contribution in [2.75, 3.05) is 0 Å². The minimum Gasteiger partial charge on any atom is -0.390 e. The molecule has 4 aliphatic carbocycles. The lowest BCUT2D eigenvalue weighted by Crippen LogP contribution is -2.44. The highest BCUT2D eigenvalue weighted by Crippen LogP contribution is 2.70. The first-order valence-electron chi connectivity index (χ1n) is 6.95. The summed E-state index contributed by atoms with van der Waals surface area (Å²) in [6.45, 7) is 2.18. The van der Waals surface area contributed by atoms with Crippen molar-refractivity contribution in [3.8, 4) is 0 Å². The van der Waals surface area contributed by atoms with Crippen LogP contribution in [0.5, 0.6) is 0 Å². The Labute approximate surface area is 92.3 Å². The van der Waals surface area contributed by atoms with Gasteiger partial charge in [0, 0.05) is 0 Å². The molecule has 0 amide bonds. The van der Waals surface area contributed by atoms with Gasteiger partial charge >= 0.3 is 0 Å². The average molecular weight is 206 g/mol. The molecule has 7 unspecified atom stereocenters. The molecule has 0 aromatic rings. The molecule has 1 N–H and O–H groups in total. The highest BCUT2D eigenvalue weighted by atomic mass is 16.3. The minimum atomic E-state index is -0.254. The van der Waals surface area contributed by atoms with Gasteiger partial charge in [-0.1, -0.05) is 6.92 Å². The largest absolute Gasteiger partial charge is 0.390 e. The SMILES string of the molecule is CCC1(O)CC2CC1C1C3CCC(C3)C21. The van der Waals surface area contributed by atoms with Crippen molar-refractivity contribution in [2.24, 2.45) is 35.5 Å². The predicted octanol–water partition coefficient (Wildman–Crippen LogP) is 2.83. The van der Waals surface area contributed by atoms with Gasteiger partial charge in [-0.3, -0.25) is 0 Å². The maximum Gasteiger partial charge on any atom is 0.0678 e. The summed E-state index contributed by atoms with van der Waals surface area (Å²) in [6, 6.07) is 0. The van der Waals surface area contributed by atoms with Crippen LogP contribution in [0, 0.1) is 35.5 Å². The van der Waals surface area contributed by atoms with Gasteiger partial charge in [-0.2, -0.15) is 0 Å². The number of hydrogen-bond donors (Lipinski definition) is 1. The summed E-state index contributed by atoms with van der Waals surface area (Å²) >= 11 is 0. The standard InChI is InChI=1S/C14H22O/c1-2-14(15)7-10-6-11(14)13-9-4-3-8(5-9)12(10)13/h8-13,15H,2-7H2,1H3. The second kappa shape index (κ2) is 2.61. The molecular formula is C14H22O. The van der Waals surface area contributed by atoms with Crippen molar-refractivity contribution in [2.45, 2.75) is 51.0 Å². The van der Waals surface area contributed by atoms with Crippen molar-refractivity contribution in [1.29, 1.82) is 0 Å². The van der Waals surface area contributed by atoms with Crippen LogP contribution in [-0.4, -0.2) is 10.7 Å². The van der Waals surface area contributed by atoms with Gasteiger partial charge < -0.3 is 5.11 Å². The van der Waals surface area contributed by atoms with E-state index < -0.39 is 0 Å². The van der Waals surface area contributed by atoms with E-state index in [0.29, 0.717) is 5.92 Å². The highest BCUT2D eigenvalue weighted by Gasteiger charge is 2.65. The second-order valence-electron chi connectivity index (χ2n) is 6.75. The molecule has 1 nitrogen and oxygen atoms in total. The predicted molar refractivity (Wildman–Crippen MR) is 59.3 cm³/mol. The molecule has 1 heteroatoms. The van der Waals surface area contributed by atoms with E-state index in [4.69, 9.17) is 0 Å². The summed E-state index contributed by atoms with van der Waals surface area (Å²) in [5.74, 6) is 5.64. The first-order chi connectivity index (χ1) is 7.23. The first kappa shape index (κ1) is 9.04. The van der Waals surface area contributed by atoms with Crippen LogP contribution in [-0.2, 0) is 0 Å². The molecule has 0 spiro atoms. The topological polar surface area (TPSA) is 20.2 Å². The van der Waals surface area contributed by atoms with Crippen LogP contribution >= 0.6 is 0 Å². The maximum absolute atomic E-state index is 10.7. The zero-order chi connectivity index (χ0) is 10.2. The van der Waals surface area contributed by atoms with E-state index in [1.807, 2.05) is 0 Å². The third-order valence-corrected chi connectivity index (χ3v) is 6.53. The number of aliphatic hydroxyl groups is 1. The normalized spacial score (nSPS) is 65.2. The quantitative estimate of drug-likeness (QED) is 0.654. The van der Waals surface area contributed by atoms with Gasteiger partial charge in [-0.15, -0.1) is 0 Å². The Morgan fingerprint density at radius 3 is 2.53 bits per heavy atom. The first-order valence-corrected chi connectivity index (χ1v) is 6.95. The molecule has 15 heavy (non-hydrogen) atoms. The fraction of sp³-hybridized carbons (Fsp3) is 1.00. The lowest BCUT2D eigenvalue weighted by atomic mass is 9.65. The lowest BCUT2D eigenvalue weighted by molar-refractivity contribution is -0.0663. The number of hydrogen-bond acceptors (Lipinski definition) is 1. The Morgan fingerprint density at radius 1 is 1.07 bits per heavy atom. The second-order valence-corrected chi connectivity index (χ2v) is 6.75. The molecule has 0 saturated heterocycles. The average Bonchev–Trinajstić information content (AvgIpc) is 2.93. The molecular weight excluding hydrogens is 184 g/mol. The molecule has 4 aliphatic rings. The zero-order valence-electron chi connectivity index (χ0n) is 9.65. The Morgan fingerprint density at radius 2 is 1.80 bits per heavy atom. The van der Waals surface area contributed by atoms with Crippen LogP contribution in [0.3, 0.4) is 0 Å². The van der Waals surface area contributed by atoms with Crippen molar-refractivity contribution in [3.05, 3.63) is 0 Å². The van der Waals surface area contributed by atoms with Crippen LogP contribution in [0.25, 0.3) is 0 Å². The van der Waals surface area contributed by atoms with Crippen LogP contribution in [0.4, 0.5) is 0 Å². The van der Waals surface area contributed by atoms with Gasteiger partial charge in [0.15, 0.2) is 0 Å². The van der Waals surface area contributed by atoms with Gasteiger partial charge in [-0.25, -0.2) is 0 Å². The third-order valence-electron chi connectivity index (χ3n) is 6.53. The number of fused-ring (bicyclic) bond motifs is 9. The van der Waals surface area contributed by atoms with Gasteiger partial charge in [0.05, 0.1) is 5.60 Å². The molecule has 4 rings (SSSR count). The van der Waals surface area contributed by atoms with E-state index >= 15 is 0 Å². The molecule has 0 radical (unpaired) electrons. The van der Waals surface area contributed by atoms with Crippen LogP contribution in [0.2, 0.25) is 0 Å². The van der Waals surface area contributed by atoms with Gasteiger partial charge in [0.1, 0.15) is 0 Å². The van der Waals surface area contributed by atoms with Crippen LogP contribution < -0.4 is 0 Å². The molecule has 0 aromatic heterocycles. The Kier molecular flexibility index (Phi) is 1.57. The molecule has 4 saturated carbocycles. The lowest BCUT2D eigenvalue weighted by Gasteiger charge is -2.43. The third kappa shape index (κ3) is 0.906. The zero-order valence-corrected chi connectivity index (χ0v) is 9.65. The molecule has 4 fully saturated rings. The maximum atomic E-state index is 10.7. The van der Waals surface area contributed by atoms with Gasteiger partial charge in [-0.05, 0) is 74.0 Å². The smallest absolute Gasteiger partial charge is 0.0678 e. The van der Waals surface area contributed by atoms with E-state index in [9.17, 15) is 5.11 Å². The molecule has 0 aromatic carbocycles. The monoisotopic (exact) mass is 206 g/mol. The summed E-state index contributed by atoms with van der Waals surface area (Å²) in [4.78, 5) is 0. The van der Waals surface area contributed by atoms with Crippen LogP contribution in [0.15, 0.2) is 0 Å². The van der Waals surface area contributed by atoms with Crippen LogP contribution in [0.1, 0.15) is 45.4 Å². The molecule has 0 heterocycles. The molecule has 4 bridgehead atoms. The summed E-state index contributed by atoms with van der Waals surface area (Å²) < 4.78 is 0. The van der Waals surface area contributed by atoms with Crippen molar-refractivity contribution in [1.82, 2.24) is 0 Å². The van der Waals surface area contributed by atoms with E-state index in [-0.39, 0.29) is 5.60 Å². The molecule has 0 aliphatic heterocycles. The van der Waals surface area contributed by atoms with E-state index in [0.717, 1.165) is 42.4 Å². The summed E-state index contributed by atoms with van der Waals surface area (Å²) in [5, 5.41) is 10.7. The Balaban J connectivity index is 1.71. The molecule has 7 atom stereocenters. The van der Waals surface area contributed by atoms with E-state index in [1.54, 1.807) is 0 Å². The minimum absolute atomic E-state index is 0.254. The Bertz CT molecular complexity index is 300. The number of rotatable bonds is 1. The van der Waals surface area contributed by atoms with Crippen molar-refractivity contribution < 1.29 is 5.11 Å². The molecule has 84 valence electrons. The Hall–Kier alpha value is -0.0400. The van der Waals surface area contributed by atoms with E-state index in [2.05, 4.69) is 6.92 Å². The highest BCUT2D eigenvalue weighted by molar-refractivity contribution is 5.15. The van der Waals surface area contributed by atoms with Crippen molar-refractivity contribution in [3.63, 3.8) is 0 Å². The van der Waals surface area contributed by atoms with Gasteiger partial charge in [0.25, 0.3) is 0 Å². The summed E-state index contributed by atoms with van der Waals surface area (Å²) in [7, 11) is 0. The van der Waals surface area contributed by atoms with E-state index in [1.165, 1.54) is 25.7 Å². The fourth-order valence-corrected chi connectivity index (χ4v) is 6.13.